The van der Waals surface area contributed by atoms with E-state index in [1.807, 2.05) is 0 Å². The van der Waals surface area contributed by atoms with Gasteiger partial charge in [-0.3, -0.25) is 0 Å². The van der Waals surface area contributed by atoms with Crippen LogP contribution < -0.4 is 4.74 Å². The van der Waals surface area contributed by atoms with Crippen LogP contribution in [0.3, 0.4) is 0 Å². The SMILES string of the molecule is ClC1CCC(c2ccc(OC3CC3)cc2)C1. The van der Waals surface area contributed by atoms with E-state index < -0.39 is 0 Å². The first kappa shape index (κ1) is 10.5. The zero-order valence-electron chi connectivity index (χ0n) is 9.36. The molecule has 2 saturated carbocycles. The van der Waals surface area contributed by atoms with E-state index in [2.05, 4.69) is 24.3 Å². The zero-order chi connectivity index (χ0) is 11.0. The summed E-state index contributed by atoms with van der Waals surface area (Å²) in [6.07, 6.45) is 6.45. The lowest BCUT2D eigenvalue weighted by Gasteiger charge is -2.11. The Morgan fingerprint density at radius 3 is 2.31 bits per heavy atom. The molecule has 0 heterocycles. The van der Waals surface area contributed by atoms with E-state index in [1.165, 1.54) is 24.8 Å². The van der Waals surface area contributed by atoms with Gasteiger partial charge in [0.2, 0.25) is 0 Å². The molecule has 0 amide bonds. The van der Waals surface area contributed by atoms with Crippen LogP contribution in [0, 0.1) is 0 Å². The Bertz CT molecular complexity index is 356. The van der Waals surface area contributed by atoms with Crippen LogP contribution in [0.25, 0.3) is 0 Å². The quantitative estimate of drug-likeness (QED) is 0.718. The zero-order valence-corrected chi connectivity index (χ0v) is 10.1. The van der Waals surface area contributed by atoms with Crippen molar-refractivity contribution in [1.82, 2.24) is 0 Å². The Labute approximate surface area is 102 Å². The van der Waals surface area contributed by atoms with Crippen LogP contribution in [0.5, 0.6) is 5.75 Å². The van der Waals surface area contributed by atoms with E-state index in [9.17, 15) is 0 Å². The summed E-state index contributed by atoms with van der Waals surface area (Å²) in [5.74, 6) is 1.68. The van der Waals surface area contributed by atoms with Crippen molar-refractivity contribution in [2.75, 3.05) is 0 Å². The number of alkyl halides is 1. The van der Waals surface area contributed by atoms with Crippen LogP contribution >= 0.6 is 11.6 Å². The molecule has 3 rings (SSSR count). The van der Waals surface area contributed by atoms with Crippen molar-refractivity contribution in [2.24, 2.45) is 0 Å². The average Bonchev–Trinajstić information content (AvgIpc) is 3.00. The fourth-order valence-electron chi connectivity index (χ4n) is 2.43. The number of rotatable bonds is 3. The van der Waals surface area contributed by atoms with Crippen LogP contribution in [-0.4, -0.2) is 11.5 Å². The van der Waals surface area contributed by atoms with Gasteiger partial charge >= 0.3 is 0 Å². The molecule has 2 aliphatic rings. The lowest BCUT2D eigenvalue weighted by molar-refractivity contribution is 0.303. The Hall–Kier alpha value is -0.690. The van der Waals surface area contributed by atoms with Gasteiger partial charge in [-0.05, 0) is 55.7 Å². The van der Waals surface area contributed by atoms with Gasteiger partial charge in [-0.15, -0.1) is 11.6 Å². The Balaban J connectivity index is 1.66. The Kier molecular flexibility index (Phi) is 2.81. The van der Waals surface area contributed by atoms with Crippen molar-refractivity contribution >= 4 is 11.6 Å². The first-order chi connectivity index (χ1) is 7.81. The second kappa shape index (κ2) is 4.29. The standard InChI is InChI=1S/C14H17ClO/c15-12-4-1-11(9-12)10-2-5-13(6-3-10)16-14-7-8-14/h2-3,5-6,11-12,14H,1,4,7-9H2. The van der Waals surface area contributed by atoms with E-state index in [1.54, 1.807) is 0 Å². The molecule has 2 unspecified atom stereocenters. The fraction of sp³-hybridized carbons (Fsp3) is 0.571. The van der Waals surface area contributed by atoms with E-state index >= 15 is 0 Å². The topological polar surface area (TPSA) is 9.23 Å². The average molecular weight is 237 g/mol. The third kappa shape index (κ3) is 2.35. The van der Waals surface area contributed by atoms with Crippen LogP contribution in [-0.2, 0) is 0 Å². The molecule has 0 aromatic heterocycles. The normalized spacial score (nSPS) is 29.3. The minimum absolute atomic E-state index is 0.382. The van der Waals surface area contributed by atoms with Gasteiger partial charge in [0.15, 0.2) is 0 Å². The molecule has 1 aromatic rings. The highest BCUT2D eigenvalue weighted by atomic mass is 35.5. The van der Waals surface area contributed by atoms with Crippen molar-refractivity contribution in [2.45, 2.75) is 49.5 Å². The number of hydrogen-bond acceptors (Lipinski definition) is 1. The largest absolute Gasteiger partial charge is 0.490 e. The minimum atomic E-state index is 0.382. The summed E-state index contributed by atoms with van der Waals surface area (Å²) in [7, 11) is 0. The van der Waals surface area contributed by atoms with Crippen LogP contribution in [0.1, 0.15) is 43.6 Å². The van der Waals surface area contributed by atoms with Crippen molar-refractivity contribution in [3.05, 3.63) is 29.8 Å². The molecule has 0 radical (unpaired) electrons. The van der Waals surface area contributed by atoms with Crippen molar-refractivity contribution in [3.63, 3.8) is 0 Å². The summed E-state index contributed by atoms with van der Waals surface area (Å²) < 4.78 is 5.74. The van der Waals surface area contributed by atoms with E-state index in [0.717, 1.165) is 18.6 Å². The molecular formula is C14H17ClO. The summed E-state index contributed by atoms with van der Waals surface area (Å²) in [6.45, 7) is 0. The maximum absolute atomic E-state index is 6.14. The molecule has 16 heavy (non-hydrogen) atoms. The maximum Gasteiger partial charge on any atom is 0.119 e. The molecule has 0 spiro atoms. The summed E-state index contributed by atoms with van der Waals surface area (Å²) in [6, 6.07) is 8.62. The monoisotopic (exact) mass is 236 g/mol. The highest BCUT2D eigenvalue weighted by Crippen LogP contribution is 2.37. The molecule has 2 heteroatoms. The lowest BCUT2D eigenvalue weighted by Crippen LogP contribution is -1.97. The van der Waals surface area contributed by atoms with E-state index in [0.29, 0.717) is 17.4 Å². The Morgan fingerprint density at radius 2 is 1.75 bits per heavy atom. The highest BCUT2D eigenvalue weighted by Gasteiger charge is 2.25. The molecule has 1 aromatic carbocycles. The van der Waals surface area contributed by atoms with Crippen molar-refractivity contribution in [1.29, 1.82) is 0 Å². The van der Waals surface area contributed by atoms with E-state index in [-0.39, 0.29) is 0 Å². The van der Waals surface area contributed by atoms with Gasteiger partial charge in [0, 0.05) is 5.38 Å². The smallest absolute Gasteiger partial charge is 0.119 e. The molecule has 0 N–H and O–H groups in total. The van der Waals surface area contributed by atoms with Gasteiger partial charge < -0.3 is 4.74 Å². The second-order valence-corrected chi connectivity index (χ2v) is 5.61. The molecule has 2 fully saturated rings. The third-order valence-corrected chi connectivity index (χ3v) is 3.94. The minimum Gasteiger partial charge on any atom is -0.490 e. The maximum atomic E-state index is 6.14. The van der Waals surface area contributed by atoms with Crippen LogP contribution in [0.15, 0.2) is 24.3 Å². The van der Waals surface area contributed by atoms with E-state index in [4.69, 9.17) is 16.3 Å². The van der Waals surface area contributed by atoms with Crippen LogP contribution in [0.4, 0.5) is 0 Å². The van der Waals surface area contributed by atoms with Gasteiger partial charge in [0.25, 0.3) is 0 Å². The molecule has 0 bridgehead atoms. The summed E-state index contributed by atoms with van der Waals surface area (Å²) in [5, 5.41) is 0.382. The molecule has 0 aliphatic heterocycles. The second-order valence-electron chi connectivity index (χ2n) is 4.99. The Morgan fingerprint density at radius 1 is 1.00 bits per heavy atom. The summed E-state index contributed by atoms with van der Waals surface area (Å²) >= 11 is 6.14. The van der Waals surface area contributed by atoms with Gasteiger partial charge in [-0.25, -0.2) is 0 Å². The predicted molar refractivity (Wildman–Crippen MR) is 66.3 cm³/mol. The van der Waals surface area contributed by atoms with Crippen molar-refractivity contribution in [3.8, 4) is 5.75 Å². The first-order valence-electron chi connectivity index (χ1n) is 6.22. The van der Waals surface area contributed by atoms with Crippen molar-refractivity contribution < 1.29 is 4.74 Å². The third-order valence-electron chi connectivity index (χ3n) is 3.55. The van der Waals surface area contributed by atoms with Gasteiger partial charge in [0.1, 0.15) is 5.75 Å². The lowest BCUT2D eigenvalue weighted by atomic mass is 9.98. The number of ether oxygens (including phenoxy) is 1. The number of hydrogen-bond donors (Lipinski definition) is 0. The van der Waals surface area contributed by atoms with Gasteiger partial charge in [0.05, 0.1) is 6.10 Å². The molecule has 2 atom stereocenters. The molecule has 86 valence electrons. The highest BCUT2D eigenvalue weighted by molar-refractivity contribution is 6.20. The number of benzene rings is 1. The number of halogens is 1. The molecule has 2 aliphatic carbocycles. The predicted octanol–water partition coefficient (Wildman–Crippen LogP) is 4.10. The molecule has 1 nitrogen and oxygen atoms in total. The van der Waals surface area contributed by atoms with Crippen LogP contribution in [0.2, 0.25) is 0 Å². The molecular weight excluding hydrogens is 220 g/mol. The molecule has 0 saturated heterocycles. The van der Waals surface area contributed by atoms with Gasteiger partial charge in [-0.1, -0.05) is 12.1 Å². The fourth-order valence-corrected chi connectivity index (χ4v) is 2.77. The summed E-state index contributed by atoms with van der Waals surface area (Å²) in [5.41, 5.74) is 1.42. The first-order valence-corrected chi connectivity index (χ1v) is 6.65. The van der Waals surface area contributed by atoms with Gasteiger partial charge in [-0.2, -0.15) is 0 Å². The summed E-state index contributed by atoms with van der Waals surface area (Å²) in [4.78, 5) is 0.